The largest absolute Gasteiger partial charge is 0.504 e. The predicted octanol–water partition coefficient (Wildman–Crippen LogP) is 2.77. The Kier molecular flexibility index (Phi) is 4.91. The molecule has 3 rings (SSSR count). The Morgan fingerprint density at radius 3 is 2.48 bits per heavy atom. The highest BCUT2D eigenvalue weighted by atomic mass is 16.4. The summed E-state index contributed by atoms with van der Waals surface area (Å²) in [6.45, 7) is 4.76. The van der Waals surface area contributed by atoms with Gasteiger partial charge in [-0.1, -0.05) is 38.5 Å². The van der Waals surface area contributed by atoms with Crippen LogP contribution in [0.4, 0.5) is 5.69 Å². The number of rotatable bonds is 7. The van der Waals surface area contributed by atoms with Gasteiger partial charge in [0.05, 0.1) is 5.56 Å². The van der Waals surface area contributed by atoms with Crippen LogP contribution in [-0.2, 0) is 10.2 Å². The highest BCUT2D eigenvalue weighted by Crippen LogP contribution is 2.48. The fraction of sp³-hybridized carbons (Fsp3) is 0.381. The molecule has 0 spiro atoms. The van der Waals surface area contributed by atoms with Gasteiger partial charge in [-0.15, -0.1) is 0 Å². The molecule has 1 heterocycles. The van der Waals surface area contributed by atoms with Crippen molar-refractivity contribution >= 4 is 17.7 Å². The topological polar surface area (TPSA) is 94.9 Å². The molecule has 0 saturated heterocycles. The summed E-state index contributed by atoms with van der Waals surface area (Å²) in [6.07, 6.45) is 3.97. The SMILES string of the molecule is CC1(C)C(=Cc2c(O)c(=O)c2=O)N(CCCCCC(=O)O)c2ccccc21. The van der Waals surface area contributed by atoms with Crippen LogP contribution in [0.1, 0.15) is 50.7 Å². The molecule has 0 unspecified atom stereocenters. The molecule has 6 heteroatoms. The van der Waals surface area contributed by atoms with Gasteiger partial charge in [-0.2, -0.15) is 0 Å². The Hall–Kier alpha value is -2.89. The first-order valence-electron chi connectivity index (χ1n) is 9.08. The maximum atomic E-state index is 11.8. The van der Waals surface area contributed by atoms with E-state index in [0.29, 0.717) is 13.0 Å². The molecule has 0 aromatic heterocycles. The molecule has 0 bridgehead atoms. The monoisotopic (exact) mass is 369 g/mol. The van der Waals surface area contributed by atoms with Gasteiger partial charge in [-0.3, -0.25) is 14.4 Å². The number of unbranched alkanes of at least 4 members (excludes halogenated alkanes) is 2. The zero-order valence-corrected chi connectivity index (χ0v) is 15.5. The Labute approximate surface area is 157 Å². The van der Waals surface area contributed by atoms with Crippen LogP contribution in [0.2, 0.25) is 0 Å². The van der Waals surface area contributed by atoms with Crippen LogP contribution in [0.3, 0.4) is 0 Å². The molecule has 2 aromatic rings. The van der Waals surface area contributed by atoms with Crippen molar-refractivity contribution in [2.75, 3.05) is 11.4 Å². The van der Waals surface area contributed by atoms with Crippen LogP contribution in [0.5, 0.6) is 5.75 Å². The number of hydrogen-bond donors (Lipinski definition) is 2. The Morgan fingerprint density at radius 2 is 1.81 bits per heavy atom. The van der Waals surface area contributed by atoms with Crippen LogP contribution in [0.15, 0.2) is 39.6 Å². The minimum absolute atomic E-state index is 0.0618. The predicted molar refractivity (Wildman–Crippen MR) is 104 cm³/mol. The first-order chi connectivity index (χ1) is 12.7. The smallest absolute Gasteiger partial charge is 0.303 e. The van der Waals surface area contributed by atoms with E-state index < -0.39 is 22.6 Å². The minimum atomic E-state index is -0.838. The van der Waals surface area contributed by atoms with Crippen molar-refractivity contribution in [2.24, 2.45) is 0 Å². The summed E-state index contributed by atoms with van der Waals surface area (Å²) in [5.74, 6) is -1.26. The van der Waals surface area contributed by atoms with Crippen LogP contribution < -0.4 is 15.8 Å². The number of fused-ring (bicyclic) bond motifs is 1. The molecule has 1 aliphatic rings. The molecule has 0 aliphatic carbocycles. The van der Waals surface area contributed by atoms with E-state index in [1.807, 2.05) is 38.1 Å². The van der Waals surface area contributed by atoms with Gasteiger partial charge in [-0.25, -0.2) is 0 Å². The van der Waals surface area contributed by atoms with E-state index in [-0.39, 0.29) is 17.4 Å². The lowest BCUT2D eigenvalue weighted by atomic mass is 9.83. The van der Waals surface area contributed by atoms with Gasteiger partial charge in [0.25, 0.3) is 5.43 Å². The van der Waals surface area contributed by atoms with Gasteiger partial charge in [0.2, 0.25) is 5.43 Å². The molecular weight excluding hydrogens is 346 g/mol. The minimum Gasteiger partial charge on any atom is -0.504 e. The summed E-state index contributed by atoms with van der Waals surface area (Å²) in [4.78, 5) is 35.9. The molecule has 6 nitrogen and oxygen atoms in total. The van der Waals surface area contributed by atoms with E-state index in [4.69, 9.17) is 5.11 Å². The lowest BCUT2D eigenvalue weighted by Crippen LogP contribution is -2.34. The van der Waals surface area contributed by atoms with Crippen molar-refractivity contribution in [1.29, 1.82) is 0 Å². The average Bonchev–Trinajstić information content (AvgIpc) is 2.85. The summed E-state index contributed by atoms with van der Waals surface area (Å²) in [5.41, 5.74) is 1.17. The molecule has 2 aromatic carbocycles. The van der Waals surface area contributed by atoms with Gasteiger partial charge in [0.15, 0.2) is 5.75 Å². The number of allylic oxidation sites excluding steroid dienone is 1. The Morgan fingerprint density at radius 1 is 1.11 bits per heavy atom. The number of carboxylic acids is 1. The van der Waals surface area contributed by atoms with Crippen LogP contribution in [0, 0.1) is 0 Å². The number of aromatic hydroxyl groups is 1. The van der Waals surface area contributed by atoms with Crippen LogP contribution >= 0.6 is 0 Å². The van der Waals surface area contributed by atoms with E-state index in [0.717, 1.165) is 29.8 Å². The van der Waals surface area contributed by atoms with E-state index in [9.17, 15) is 19.5 Å². The number of para-hydroxylation sites is 1. The van der Waals surface area contributed by atoms with Crippen LogP contribution in [-0.4, -0.2) is 22.7 Å². The number of nitrogens with zero attached hydrogens (tertiary/aromatic N) is 1. The van der Waals surface area contributed by atoms with E-state index in [2.05, 4.69) is 4.90 Å². The zero-order chi connectivity index (χ0) is 19.8. The number of hydrogen-bond acceptors (Lipinski definition) is 5. The second kappa shape index (κ2) is 7.02. The van der Waals surface area contributed by atoms with Gasteiger partial charge in [-0.05, 0) is 30.5 Å². The standard InChI is InChI=1S/C21H23NO5/c1-21(2)14-8-5-6-9-15(14)22(11-7-3-4-10-17(23)24)16(21)12-13-18(25)20(27)19(13)26/h5-6,8-9,12,25H,3-4,7,10-11H2,1-2H3,(H,23,24). The second-order valence-corrected chi connectivity index (χ2v) is 7.45. The quantitative estimate of drug-likeness (QED) is 0.576. The van der Waals surface area contributed by atoms with Gasteiger partial charge >= 0.3 is 5.97 Å². The maximum Gasteiger partial charge on any atom is 0.303 e. The number of benzene rings is 1. The Bertz CT molecular complexity index is 979. The number of carboxylic acid groups (broad SMARTS) is 1. The highest BCUT2D eigenvalue weighted by molar-refractivity contribution is 5.77. The molecule has 2 N–H and O–H groups in total. The van der Waals surface area contributed by atoms with Crippen molar-refractivity contribution in [3.8, 4) is 5.75 Å². The summed E-state index contributed by atoms with van der Waals surface area (Å²) in [7, 11) is 0. The molecular formula is C21H23NO5. The van der Waals surface area contributed by atoms with Crippen LogP contribution in [0.25, 0.3) is 6.08 Å². The molecule has 1 aliphatic heterocycles. The molecule has 0 saturated carbocycles. The first kappa shape index (κ1) is 18.9. The molecule has 0 fully saturated rings. The third kappa shape index (κ3) is 3.27. The number of carbonyl (C=O) groups is 1. The van der Waals surface area contributed by atoms with Gasteiger partial charge < -0.3 is 15.1 Å². The molecule has 0 amide bonds. The lowest BCUT2D eigenvalue weighted by molar-refractivity contribution is -0.137. The molecule has 142 valence electrons. The molecule has 0 atom stereocenters. The fourth-order valence-electron chi connectivity index (χ4n) is 3.73. The fourth-order valence-corrected chi connectivity index (χ4v) is 3.73. The summed E-state index contributed by atoms with van der Waals surface area (Å²) in [6, 6.07) is 7.96. The second-order valence-electron chi connectivity index (χ2n) is 7.45. The summed E-state index contributed by atoms with van der Waals surface area (Å²) < 4.78 is 0. The molecule has 27 heavy (non-hydrogen) atoms. The van der Waals surface area contributed by atoms with Gasteiger partial charge in [0, 0.05) is 29.8 Å². The van der Waals surface area contributed by atoms with E-state index >= 15 is 0 Å². The lowest BCUT2D eigenvalue weighted by Gasteiger charge is -2.27. The van der Waals surface area contributed by atoms with Crippen molar-refractivity contribution in [3.05, 3.63) is 61.5 Å². The van der Waals surface area contributed by atoms with Crippen molar-refractivity contribution in [2.45, 2.75) is 44.9 Å². The number of anilines is 1. The van der Waals surface area contributed by atoms with Crippen molar-refractivity contribution < 1.29 is 15.0 Å². The average molecular weight is 369 g/mol. The zero-order valence-electron chi connectivity index (χ0n) is 15.5. The Balaban J connectivity index is 1.91. The van der Waals surface area contributed by atoms with Gasteiger partial charge in [0.1, 0.15) is 0 Å². The first-order valence-corrected chi connectivity index (χ1v) is 9.08. The summed E-state index contributed by atoms with van der Waals surface area (Å²) >= 11 is 0. The van der Waals surface area contributed by atoms with Crippen molar-refractivity contribution in [3.63, 3.8) is 0 Å². The normalized spacial score (nSPS) is 16.8. The number of aliphatic carboxylic acids is 1. The third-order valence-corrected chi connectivity index (χ3v) is 5.27. The summed E-state index contributed by atoms with van der Waals surface area (Å²) in [5, 5.41) is 18.5. The third-order valence-electron chi connectivity index (χ3n) is 5.27. The van der Waals surface area contributed by atoms with E-state index in [1.165, 1.54) is 0 Å². The van der Waals surface area contributed by atoms with E-state index in [1.54, 1.807) is 6.08 Å². The maximum absolute atomic E-state index is 11.8. The van der Waals surface area contributed by atoms with Crippen molar-refractivity contribution in [1.82, 2.24) is 0 Å². The highest BCUT2D eigenvalue weighted by Gasteiger charge is 2.40. The molecule has 0 radical (unpaired) electrons.